The van der Waals surface area contributed by atoms with E-state index in [2.05, 4.69) is 5.10 Å². The van der Waals surface area contributed by atoms with E-state index in [4.69, 9.17) is 4.42 Å². The van der Waals surface area contributed by atoms with Crippen LogP contribution in [0.4, 0.5) is 22.0 Å². The van der Waals surface area contributed by atoms with Crippen molar-refractivity contribution in [2.45, 2.75) is 31.2 Å². The summed E-state index contributed by atoms with van der Waals surface area (Å²) in [5.74, 6) is -7.35. The van der Waals surface area contributed by atoms with Gasteiger partial charge in [0.05, 0.1) is 5.71 Å². The zero-order chi connectivity index (χ0) is 20.0. The Morgan fingerprint density at radius 2 is 1.78 bits per heavy atom. The van der Waals surface area contributed by atoms with Crippen LogP contribution in [0.3, 0.4) is 0 Å². The Morgan fingerprint density at radius 3 is 2.30 bits per heavy atom. The Hall–Kier alpha value is -2.75. The van der Waals surface area contributed by atoms with Gasteiger partial charge in [-0.3, -0.25) is 4.79 Å². The van der Waals surface area contributed by atoms with Crippen molar-refractivity contribution in [3.63, 3.8) is 0 Å². The molecule has 0 saturated carbocycles. The third-order valence-electron chi connectivity index (χ3n) is 4.09. The number of amides is 1. The molecule has 0 aliphatic carbocycles. The van der Waals surface area contributed by atoms with E-state index in [0.717, 1.165) is 6.07 Å². The van der Waals surface area contributed by atoms with Gasteiger partial charge in [0, 0.05) is 6.42 Å². The zero-order valence-corrected chi connectivity index (χ0v) is 13.8. The molecule has 10 heteroatoms. The first-order valence-electron chi connectivity index (χ1n) is 7.68. The monoisotopic (exact) mass is 388 g/mol. The molecule has 5 nitrogen and oxygen atoms in total. The normalized spacial score (nSPS) is 20.7. The number of carbonyl (C=O) groups excluding carboxylic acids is 1. The summed E-state index contributed by atoms with van der Waals surface area (Å²) in [7, 11) is 0. The summed E-state index contributed by atoms with van der Waals surface area (Å²) >= 11 is 0. The molecule has 2 heterocycles. The van der Waals surface area contributed by atoms with Crippen LogP contribution < -0.4 is 0 Å². The molecule has 0 bridgehead atoms. The molecule has 2 aromatic rings. The van der Waals surface area contributed by atoms with Crippen molar-refractivity contribution < 1.29 is 36.3 Å². The minimum absolute atomic E-state index is 0.194. The molecule has 0 saturated heterocycles. The van der Waals surface area contributed by atoms with Gasteiger partial charge in [-0.25, -0.2) is 0 Å². The van der Waals surface area contributed by atoms with Crippen LogP contribution >= 0.6 is 0 Å². The summed E-state index contributed by atoms with van der Waals surface area (Å²) in [6.07, 6.45) is -7.32. The summed E-state index contributed by atoms with van der Waals surface area (Å²) < 4.78 is 72.3. The van der Waals surface area contributed by atoms with Gasteiger partial charge in [-0.15, -0.1) is 0 Å². The number of nitrogens with zero attached hydrogens (tertiary/aromatic N) is 2. The van der Waals surface area contributed by atoms with Crippen molar-refractivity contribution in [3.8, 4) is 0 Å². The highest BCUT2D eigenvalue weighted by Crippen LogP contribution is 2.49. The predicted molar refractivity (Wildman–Crippen MR) is 83.2 cm³/mol. The smallest absolute Gasteiger partial charge is 0.456 e. The fourth-order valence-electron chi connectivity index (χ4n) is 2.68. The number of hydrogen-bond donors (Lipinski definition) is 1. The van der Waals surface area contributed by atoms with Crippen molar-refractivity contribution in [2.24, 2.45) is 5.10 Å². The highest BCUT2D eigenvalue weighted by molar-refractivity contribution is 6.05. The summed E-state index contributed by atoms with van der Waals surface area (Å²) in [6.45, 7) is 1.45. The molecule has 1 aliphatic heterocycles. The Bertz CT molecular complexity index is 891. The summed E-state index contributed by atoms with van der Waals surface area (Å²) in [5.41, 5.74) is -4.03. The lowest BCUT2D eigenvalue weighted by molar-refractivity contribution is -0.362. The number of alkyl halides is 5. The fraction of sp³-hybridized carbons (Fsp3) is 0.294. The van der Waals surface area contributed by atoms with Crippen molar-refractivity contribution in [3.05, 3.63) is 59.5 Å². The average molecular weight is 388 g/mol. The molecular weight excluding hydrogens is 375 g/mol. The zero-order valence-electron chi connectivity index (χ0n) is 13.8. The van der Waals surface area contributed by atoms with E-state index in [1.165, 1.54) is 37.3 Å². The van der Waals surface area contributed by atoms with Gasteiger partial charge >= 0.3 is 18.0 Å². The fourth-order valence-corrected chi connectivity index (χ4v) is 2.68. The van der Waals surface area contributed by atoms with Crippen LogP contribution in [0.25, 0.3) is 0 Å². The van der Waals surface area contributed by atoms with Crippen molar-refractivity contribution in [1.82, 2.24) is 5.01 Å². The first-order valence-corrected chi connectivity index (χ1v) is 7.68. The van der Waals surface area contributed by atoms with E-state index in [-0.39, 0.29) is 22.0 Å². The Balaban J connectivity index is 2.10. The van der Waals surface area contributed by atoms with E-state index >= 15 is 0 Å². The van der Waals surface area contributed by atoms with Gasteiger partial charge in [-0.2, -0.15) is 32.1 Å². The van der Waals surface area contributed by atoms with Crippen LogP contribution in [0.5, 0.6) is 0 Å². The number of aryl methyl sites for hydroxylation is 1. The molecule has 1 aromatic carbocycles. The number of hydrazone groups is 1. The van der Waals surface area contributed by atoms with Gasteiger partial charge < -0.3 is 9.52 Å². The van der Waals surface area contributed by atoms with Crippen LogP contribution in [-0.4, -0.2) is 39.6 Å². The first kappa shape index (κ1) is 19.0. The van der Waals surface area contributed by atoms with E-state index in [1.54, 1.807) is 6.07 Å². The number of halogens is 5. The Kier molecular flexibility index (Phi) is 4.34. The lowest BCUT2D eigenvalue weighted by Gasteiger charge is -2.37. The SMILES string of the molecule is Cc1ccc(C(=O)N2N=C(c3ccccc3)C[C@@]2(O)C(F)(F)C(F)(F)F)o1. The molecule has 144 valence electrons. The molecule has 1 aromatic heterocycles. The predicted octanol–water partition coefficient (Wildman–Crippen LogP) is 3.72. The maximum atomic E-state index is 14.2. The first-order chi connectivity index (χ1) is 12.5. The van der Waals surface area contributed by atoms with Gasteiger partial charge in [0.15, 0.2) is 5.76 Å². The van der Waals surface area contributed by atoms with Crippen LogP contribution in [0.2, 0.25) is 0 Å². The molecule has 0 radical (unpaired) electrons. The van der Waals surface area contributed by atoms with Gasteiger partial charge in [0.2, 0.25) is 5.72 Å². The van der Waals surface area contributed by atoms with E-state index in [0.29, 0.717) is 0 Å². The van der Waals surface area contributed by atoms with Crippen molar-refractivity contribution in [2.75, 3.05) is 0 Å². The molecule has 1 atom stereocenters. The van der Waals surface area contributed by atoms with Crippen LogP contribution in [-0.2, 0) is 0 Å². The molecule has 0 fully saturated rings. The highest BCUT2D eigenvalue weighted by atomic mass is 19.4. The molecule has 1 N–H and O–H groups in total. The minimum Gasteiger partial charge on any atom is -0.456 e. The molecule has 1 aliphatic rings. The number of benzene rings is 1. The van der Waals surface area contributed by atoms with Gasteiger partial charge in [-0.1, -0.05) is 30.3 Å². The van der Waals surface area contributed by atoms with Gasteiger partial charge in [0.25, 0.3) is 0 Å². The van der Waals surface area contributed by atoms with Crippen LogP contribution in [0, 0.1) is 6.92 Å². The number of furan rings is 1. The third kappa shape index (κ3) is 2.99. The molecule has 1 amide bonds. The molecule has 0 spiro atoms. The van der Waals surface area contributed by atoms with Crippen LogP contribution in [0.15, 0.2) is 52.0 Å². The summed E-state index contributed by atoms with van der Waals surface area (Å²) in [5, 5.41) is 13.7. The van der Waals surface area contributed by atoms with Gasteiger partial charge in [0.1, 0.15) is 5.76 Å². The number of rotatable bonds is 3. The molecule has 0 unspecified atom stereocenters. The molecule has 3 rings (SSSR count). The number of hydrogen-bond acceptors (Lipinski definition) is 4. The summed E-state index contributed by atoms with van der Waals surface area (Å²) in [6, 6.07) is 9.88. The average Bonchev–Trinajstić information content (AvgIpc) is 3.19. The topological polar surface area (TPSA) is 66.0 Å². The molecular formula is C17H13F5N2O3. The number of carbonyl (C=O) groups is 1. The minimum atomic E-state index is -6.11. The maximum absolute atomic E-state index is 14.2. The summed E-state index contributed by atoms with van der Waals surface area (Å²) in [4.78, 5) is 12.5. The Labute approximate surface area is 149 Å². The lowest BCUT2D eigenvalue weighted by Crippen LogP contribution is -2.64. The third-order valence-corrected chi connectivity index (χ3v) is 4.09. The number of aliphatic hydroxyl groups is 1. The van der Waals surface area contributed by atoms with E-state index < -0.39 is 35.9 Å². The lowest BCUT2D eigenvalue weighted by atomic mass is 9.95. The Morgan fingerprint density at radius 1 is 1.15 bits per heavy atom. The second-order valence-corrected chi connectivity index (χ2v) is 6.01. The van der Waals surface area contributed by atoms with Crippen LogP contribution in [0.1, 0.15) is 28.3 Å². The second-order valence-electron chi connectivity index (χ2n) is 6.01. The second kappa shape index (κ2) is 6.15. The van der Waals surface area contributed by atoms with Crippen molar-refractivity contribution in [1.29, 1.82) is 0 Å². The quantitative estimate of drug-likeness (QED) is 0.815. The van der Waals surface area contributed by atoms with Crippen molar-refractivity contribution >= 4 is 11.6 Å². The largest absolute Gasteiger partial charge is 0.458 e. The standard InChI is InChI=1S/C17H13F5N2O3/c1-10-7-8-13(27-10)14(25)24-15(26,16(18,19)17(20,21)22)9-12(23-24)11-5-3-2-4-6-11/h2-8,26H,9H2,1H3/t15-/m1/s1. The van der Waals surface area contributed by atoms with E-state index in [9.17, 15) is 31.9 Å². The maximum Gasteiger partial charge on any atom is 0.458 e. The van der Waals surface area contributed by atoms with Gasteiger partial charge in [-0.05, 0) is 24.6 Å². The van der Waals surface area contributed by atoms with E-state index in [1.807, 2.05) is 0 Å². The molecule has 27 heavy (non-hydrogen) atoms. The highest BCUT2D eigenvalue weighted by Gasteiger charge is 2.75.